The van der Waals surface area contributed by atoms with Gasteiger partial charge in [0.2, 0.25) is 0 Å². The summed E-state index contributed by atoms with van der Waals surface area (Å²) in [6.45, 7) is 3.97. The summed E-state index contributed by atoms with van der Waals surface area (Å²) in [7, 11) is 0. The molecule has 0 aliphatic carbocycles. The van der Waals surface area contributed by atoms with Gasteiger partial charge in [-0.05, 0) is 55.0 Å². The molecule has 0 unspecified atom stereocenters. The van der Waals surface area contributed by atoms with Crippen LogP contribution in [0, 0.1) is 0 Å². The van der Waals surface area contributed by atoms with Crippen LogP contribution in [0.15, 0.2) is 61.2 Å². The molecule has 2 aromatic rings. The Hall–Kier alpha value is -2.79. The Morgan fingerprint density at radius 1 is 0.923 bits per heavy atom. The summed E-state index contributed by atoms with van der Waals surface area (Å²) in [5, 5.41) is 0. The number of carbonyl (C=O) groups is 2. The van der Waals surface area contributed by atoms with Crippen LogP contribution >= 0.6 is 11.6 Å². The van der Waals surface area contributed by atoms with Gasteiger partial charge in [-0.1, -0.05) is 12.7 Å². The van der Waals surface area contributed by atoms with Crippen LogP contribution in [0.4, 0.5) is 0 Å². The number of hydrogen-bond acceptors (Lipinski definition) is 5. The summed E-state index contributed by atoms with van der Waals surface area (Å²) in [5.41, 5.74) is 0.396. The van der Waals surface area contributed by atoms with Gasteiger partial charge in [-0.3, -0.25) is 4.79 Å². The second kappa shape index (κ2) is 10.3. The minimum atomic E-state index is -0.493. The summed E-state index contributed by atoms with van der Waals surface area (Å²) in [5.74, 6) is 0.935. The molecule has 136 valence electrons. The number of carbonyl (C=O) groups excluding carboxylic acids is 2. The topological polar surface area (TPSA) is 61.8 Å². The standard InChI is InChI=1S/C20H19ClO5/c1-2-14-24-16-7-5-15(6-8-16)20(23)26-18-11-9-17(10-12-18)25-19(22)4-3-13-21/h2,5-12H,1,3-4,13-14H2. The number of ether oxygens (including phenoxy) is 3. The highest BCUT2D eigenvalue weighted by atomic mass is 35.5. The van der Waals surface area contributed by atoms with E-state index in [1.807, 2.05) is 0 Å². The molecule has 0 amide bonds. The highest BCUT2D eigenvalue weighted by molar-refractivity contribution is 6.17. The third-order valence-corrected chi connectivity index (χ3v) is 3.51. The highest BCUT2D eigenvalue weighted by Crippen LogP contribution is 2.20. The molecule has 0 spiro atoms. The summed E-state index contributed by atoms with van der Waals surface area (Å²) < 4.78 is 15.8. The molecule has 6 heteroatoms. The molecule has 0 aliphatic heterocycles. The van der Waals surface area contributed by atoms with Gasteiger partial charge < -0.3 is 14.2 Å². The number of rotatable bonds is 9. The fourth-order valence-electron chi connectivity index (χ4n) is 1.98. The average molecular weight is 375 g/mol. The van der Waals surface area contributed by atoms with Crippen molar-refractivity contribution in [2.75, 3.05) is 12.5 Å². The third kappa shape index (κ3) is 6.26. The Morgan fingerprint density at radius 2 is 1.50 bits per heavy atom. The average Bonchev–Trinajstić information content (AvgIpc) is 2.66. The van der Waals surface area contributed by atoms with E-state index in [0.717, 1.165) is 0 Å². The van der Waals surface area contributed by atoms with Crippen molar-refractivity contribution in [3.05, 3.63) is 66.7 Å². The van der Waals surface area contributed by atoms with E-state index in [9.17, 15) is 9.59 Å². The minimum Gasteiger partial charge on any atom is -0.490 e. The first-order valence-electron chi connectivity index (χ1n) is 8.05. The lowest BCUT2D eigenvalue weighted by molar-refractivity contribution is -0.134. The van der Waals surface area contributed by atoms with Crippen molar-refractivity contribution in [3.8, 4) is 17.2 Å². The third-order valence-electron chi connectivity index (χ3n) is 3.24. The van der Waals surface area contributed by atoms with Crippen molar-refractivity contribution in [1.29, 1.82) is 0 Å². The minimum absolute atomic E-state index is 0.257. The Kier molecular flexibility index (Phi) is 7.71. The fraction of sp³-hybridized carbons (Fsp3) is 0.200. The lowest BCUT2D eigenvalue weighted by Gasteiger charge is -2.07. The fourth-order valence-corrected chi connectivity index (χ4v) is 2.11. The van der Waals surface area contributed by atoms with Gasteiger partial charge in [0, 0.05) is 12.3 Å². The van der Waals surface area contributed by atoms with E-state index in [-0.39, 0.29) is 12.4 Å². The van der Waals surface area contributed by atoms with Crippen LogP contribution in [-0.4, -0.2) is 24.4 Å². The second-order valence-electron chi connectivity index (χ2n) is 5.25. The van der Waals surface area contributed by atoms with Crippen LogP contribution in [-0.2, 0) is 4.79 Å². The molecular formula is C20H19ClO5. The van der Waals surface area contributed by atoms with Gasteiger partial charge in [0.25, 0.3) is 0 Å². The summed E-state index contributed by atoms with van der Waals surface area (Å²) in [6.07, 6.45) is 2.46. The number of esters is 2. The maximum atomic E-state index is 12.1. The van der Waals surface area contributed by atoms with Crippen molar-refractivity contribution in [2.45, 2.75) is 12.8 Å². The quantitative estimate of drug-likeness (QED) is 0.282. The maximum absolute atomic E-state index is 12.1. The molecule has 0 bridgehead atoms. The van der Waals surface area contributed by atoms with Gasteiger partial charge in [-0.2, -0.15) is 0 Å². The summed E-state index contributed by atoms with van der Waals surface area (Å²) in [6, 6.07) is 12.8. The zero-order chi connectivity index (χ0) is 18.8. The molecule has 0 aromatic heterocycles. The van der Waals surface area contributed by atoms with E-state index in [4.69, 9.17) is 25.8 Å². The predicted molar refractivity (Wildman–Crippen MR) is 99.1 cm³/mol. The predicted octanol–water partition coefficient (Wildman–Crippen LogP) is 4.40. The second-order valence-corrected chi connectivity index (χ2v) is 5.63. The van der Waals surface area contributed by atoms with Crippen LogP contribution in [0.3, 0.4) is 0 Å². The van der Waals surface area contributed by atoms with Crippen molar-refractivity contribution >= 4 is 23.5 Å². The normalized spacial score (nSPS) is 10.0. The molecule has 0 saturated heterocycles. The first kappa shape index (κ1) is 19.5. The van der Waals surface area contributed by atoms with E-state index in [0.29, 0.717) is 41.7 Å². The molecule has 2 rings (SSSR count). The van der Waals surface area contributed by atoms with E-state index in [2.05, 4.69) is 6.58 Å². The summed E-state index contributed by atoms with van der Waals surface area (Å²) in [4.78, 5) is 23.7. The maximum Gasteiger partial charge on any atom is 0.343 e. The molecular weight excluding hydrogens is 356 g/mol. The van der Waals surface area contributed by atoms with Gasteiger partial charge >= 0.3 is 11.9 Å². The van der Waals surface area contributed by atoms with Crippen molar-refractivity contribution in [1.82, 2.24) is 0 Å². The molecule has 0 fully saturated rings. The number of hydrogen-bond donors (Lipinski definition) is 0. The molecule has 0 radical (unpaired) electrons. The number of benzene rings is 2. The molecule has 0 saturated carbocycles. The van der Waals surface area contributed by atoms with Crippen molar-refractivity contribution < 1.29 is 23.8 Å². The van der Waals surface area contributed by atoms with Crippen LogP contribution < -0.4 is 14.2 Å². The molecule has 2 aromatic carbocycles. The molecule has 5 nitrogen and oxygen atoms in total. The van der Waals surface area contributed by atoms with Gasteiger partial charge in [0.15, 0.2) is 0 Å². The molecule has 0 N–H and O–H groups in total. The number of halogens is 1. The smallest absolute Gasteiger partial charge is 0.343 e. The Morgan fingerprint density at radius 3 is 2.08 bits per heavy atom. The monoisotopic (exact) mass is 374 g/mol. The Bertz CT molecular complexity index is 738. The van der Waals surface area contributed by atoms with Gasteiger partial charge in [0.1, 0.15) is 23.9 Å². The summed E-state index contributed by atoms with van der Waals surface area (Å²) >= 11 is 5.53. The van der Waals surface area contributed by atoms with Crippen molar-refractivity contribution in [2.24, 2.45) is 0 Å². The lowest BCUT2D eigenvalue weighted by atomic mass is 10.2. The number of alkyl halides is 1. The Balaban J connectivity index is 1.90. The van der Waals surface area contributed by atoms with Crippen LogP contribution in [0.1, 0.15) is 23.2 Å². The largest absolute Gasteiger partial charge is 0.490 e. The SMILES string of the molecule is C=CCOc1ccc(C(=O)Oc2ccc(OC(=O)CCCCl)cc2)cc1. The van der Waals surface area contributed by atoms with Crippen LogP contribution in [0.2, 0.25) is 0 Å². The van der Waals surface area contributed by atoms with E-state index < -0.39 is 5.97 Å². The van der Waals surface area contributed by atoms with Gasteiger partial charge in [-0.25, -0.2) is 4.79 Å². The van der Waals surface area contributed by atoms with Crippen LogP contribution in [0.5, 0.6) is 17.2 Å². The zero-order valence-corrected chi connectivity index (χ0v) is 14.9. The molecule has 26 heavy (non-hydrogen) atoms. The molecule has 0 atom stereocenters. The Labute approximate surface area is 157 Å². The first-order chi connectivity index (χ1) is 12.6. The molecule has 0 aliphatic rings. The van der Waals surface area contributed by atoms with Crippen LogP contribution in [0.25, 0.3) is 0 Å². The zero-order valence-electron chi connectivity index (χ0n) is 14.2. The van der Waals surface area contributed by atoms with E-state index in [1.54, 1.807) is 54.6 Å². The van der Waals surface area contributed by atoms with Crippen molar-refractivity contribution in [3.63, 3.8) is 0 Å². The van der Waals surface area contributed by atoms with E-state index >= 15 is 0 Å². The first-order valence-corrected chi connectivity index (χ1v) is 8.58. The molecule has 0 heterocycles. The van der Waals surface area contributed by atoms with Gasteiger partial charge in [-0.15, -0.1) is 11.6 Å². The highest BCUT2D eigenvalue weighted by Gasteiger charge is 2.10. The van der Waals surface area contributed by atoms with Gasteiger partial charge in [0.05, 0.1) is 5.56 Å². The van der Waals surface area contributed by atoms with E-state index in [1.165, 1.54) is 0 Å². The lowest BCUT2D eigenvalue weighted by Crippen LogP contribution is -2.09.